The van der Waals surface area contributed by atoms with Crippen LogP contribution >= 0.6 is 11.3 Å². The molecule has 2 aromatic carbocycles. The first-order valence-electron chi connectivity index (χ1n) is 10.9. The number of carbonyl (C=O) groups excluding carboxylic acids is 1. The van der Waals surface area contributed by atoms with Crippen molar-refractivity contribution in [3.8, 4) is 5.75 Å². The summed E-state index contributed by atoms with van der Waals surface area (Å²) in [5.74, 6) is 0.217. The van der Waals surface area contributed by atoms with E-state index in [0.717, 1.165) is 16.8 Å². The second-order valence-corrected chi connectivity index (χ2v) is 9.07. The van der Waals surface area contributed by atoms with Crippen molar-refractivity contribution >= 4 is 29.1 Å². The molecule has 8 heteroatoms. The highest BCUT2D eigenvalue weighted by molar-refractivity contribution is 7.07. The van der Waals surface area contributed by atoms with Gasteiger partial charge in [0.15, 0.2) is 4.80 Å². The summed E-state index contributed by atoms with van der Waals surface area (Å²) in [4.78, 5) is 33.7. The quantitative estimate of drug-likeness (QED) is 0.511. The van der Waals surface area contributed by atoms with Crippen LogP contribution in [0, 0.1) is 0 Å². The predicted molar refractivity (Wildman–Crippen MR) is 134 cm³/mol. The number of rotatable bonds is 6. The molecule has 3 aromatic rings. The minimum absolute atomic E-state index is 0.199. The van der Waals surface area contributed by atoms with E-state index in [0.29, 0.717) is 26.4 Å². The van der Waals surface area contributed by atoms with Gasteiger partial charge in [-0.05, 0) is 55.3 Å². The molecule has 0 saturated heterocycles. The number of ether oxygens (including phenoxy) is 2. The second-order valence-electron chi connectivity index (χ2n) is 8.06. The largest absolute Gasteiger partial charge is 0.497 e. The molecule has 0 saturated carbocycles. The van der Waals surface area contributed by atoms with Gasteiger partial charge in [0, 0.05) is 19.8 Å². The van der Waals surface area contributed by atoms with Crippen molar-refractivity contribution in [3.63, 3.8) is 0 Å². The highest BCUT2D eigenvalue weighted by Crippen LogP contribution is 2.31. The number of methoxy groups -OCH3 is 1. The summed E-state index contributed by atoms with van der Waals surface area (Å²) < 4.78 is 12.7. The van der Waals surface area contributed by atoms with Crippen LogP contribution in [0.1, 0.15) is 31.0 Å². The van der Waals surface area contributed by atoms with E-state index in [1.807, 2.05) is 73.6 Å². The van der Waals surface area contributed by atoms with Crippen LogP contribution in [0.15, 0.2) is 69.6 Å². The molecule has 0 unspecified atom stereocenters. The van der Waals surface area contributed by atoms with Crippen molar-refractivity contribution in [2.24, 2.45) is 4.99 Å². The van der Waals surface area contributed by atoms with Crippen LogP contribution in [-0.4, -0.2) is 38.3 Å². The maximum absolute atomic E-state index is 13.6. The molecule has 0 fully saturated rings. The Balaban J connectivity index is 1.89. The van der Waals surface area contributed by atoms with Crippen LogP contribution in [0.25, 0.3) is 6.08 Å². The van der Waals surface area contributed by atoms with Gasteiger partial charge in [-0.2, -0.15) is 0 Å². The Morgan fingerprint density at radius 1 is 1.15 bits per heavy atom. The van der Waals surface area contributed by atoms with E-state index in [2.05, 4.69) is 4.99 Å². The zero-order valence-corrected chi connectivity index (χ0v) is 20.7. The molecule has 176 valence electrons. The standard InChI is InChI=1S/C26H27N3O4S/c1-6-33-25(31)22-16(2)27-26-29(23(22)18-9-13-20(32-5)14-10-18)24(30)21(34-26)15-17-7-11-19(12-8-17)28(3)4/h7-15,23H,6H2,1-5H3/t23-/m1/s1. The van der Waals surface area contributed by atoms with Crippen LogP contribution in [0.4, 0.5) is 5.69 Å². The molecule has 0 aliphatic carbocycles. The van der Waals surface area contributed by atoms with Crippen LogP contribution in [0.5, 0.6) is 5.75 Å². The molecule has 34 heavy (non-hydrogen) atoms. The lowest BCUT2D eigenvalue weighted by molar-refractivity contribution is -0.139. The first kappa shape index (κ1) is 23.5. The van der Waals surface area contributed by atoms with Gasteiger partial charge in [0.05, 0.1) is 35.6 Å². The van der Waals surface area contributed by atoms with Crippen molar-refractivity contribution in [1.29, 1.82) is 0 Å². The number of aromatic nitrogens is 1. The Morgan fingerprint density at radius 3 is 2.41 bits per heavy atom. The molecule has 0 radical (unpaired) electrons. The van der Waals surface area contributed by atoms with Crippen molar-refractivity contribution in [1.82, 2.24) is 4.57 Å². The van der Waals surface area contributed by atoms with E-state index in [1.165, 1.54) is 11.3 Å². The summed E-state index contributed by atoms with van der Waals surface area (Å²) in [6.45, 7) is 3.77. The summed E-state index contributed by atoms with van der Waals surface area (Å²) >= 11 is 1.31. The molecule has 1 aromatic heterocycles. The number of fused-ring (bicyclic) bond motifs is 1. The predicted octanol–water partition coefficient (Wildman–Crippen LogP) is 2.87. The number of thiazole rings is 1. The van der Waals surface area contributed by atoms with Crippen molar-refractivity contribution in [2.45, 2.75) is 19.9 Å². The summed E-state index contributed by atoms with van der Waals surface area (Å²) in [6.07, 6.45) is 1.86. The summed E-state index contributed by atoms with van der Waals surface area (Å²) in [6, 6.07) is 14.7. The normalized spacial score (nSPS) is 15.6. The van der Waals surface area contributed by atoms with E-state index in [4.69, 9.17) is 9.47 Å². The van der Waals surface area contributed by atoms with Crippen molar-refractivity contribution < 1.29 is 14.3 Å². The zero-order chi connectivity index (χ0) is 24.4. The Morgan fingerprint density at radius 2 is 1.82 bits per heavy atom. The first-order chi connectivity index (χ1) is 16.3. The molecular weight excluding hydrogens is 450 g/mol. The van der Waals surface area contributed by atoms with Crippen LogP contribution in [-0.2, 0) is 9.53 Å². The van der Waals surface area contributed by atoms with Gasteiger partial charge >= 0.3 is 5.97 Å². The fourth-order valence-electron chi connectivity index (χ4n) is 3.91. The van der Waals surface area contributed by atoms with Gasteiger partial charge in [-0.1, -0.05) is 35.6 Å². The number of allylic oxidation sites excluding steroid dienone is 1. The molecule has 1 atom stereocenters. The topological polar surface area (TPSA) is 73.1 Å². The molecule has 1 aliphatic heterocycles. The van der Waals surface area contributed by atoms with Crippen molar-refractivity contribution in [3.05, 3.63) is 90.6 Å². The summed E-state index contributed by atoms with van der Waals surface area (Å²) in [5.41, 5.74) is 3.48. The van der Waals surface area contributed by atoms with E-state index < -0.39 is 12.0 Å². The fourth-order valence-corrected chi connectivity index (χ4v) is 4.96. The van der Waals surface area contributed by atoms with Crippen molar-refractivity contribution in [2.75, 3.05) is 32.7 Å². The van der Waals surface area contributed by atoms with Gasteiger partial charge < -0.3 is 14.4 Å². The van der Waals surface area contributed by atoms with E-state index >= 15 is 0 Å². The fraction of sp³-hybridized carbons (Fsp3) is 0.269. The maximum atomic E-state index is 13.6. The second kappa shape index (κ2) is 9.69. The first-order valence-corrected chi connectivity index (χ1v) is 11.8. The molecular formula is C26H27N3O4S. The molecule has 0 amide bonds. The number of benzene rings is 2. The monoisotopic (exact) mass is 477 g/mol. The SMILES string of the molecule is CCOC(=O)C1=C(C)N=c2sc(=Cc3ccc(N(C)C)cc3)c(=O)n2[C@@H]1c1ccc(OC)cc1. The Bertz CT molecular complexity index is 1410. The van der Waals surface area contributed by atoms with Crippen LogP contribution in [0.3, 0.4) is 0 Å². The van der Waals surface area contributed by atoms with E-state index in [1.54, 1.807) is 25.5 Å². The maximum Gasteiger partial charge on any atom is 0.338 e. The number of hydrogen-bond donors (Lipinski definition) is 0. The number of hydrogen-bond acceptors (Lipinski definition) is 7. The molecule has 0 bridgehead atoms. The third kappa shape index (κ3) is 4.41. The number of carbonyl (C=O) groups is 1. The third-order valence-corrected chi connectivity index (χ3v) is 6.64. The molecule has 4 rings (SSSR count). The minimum atomic E-state index is -0.639. The Hall–Kier alpha value is -3.65. The van der Waals surface area contributed by atoms with Gasteiger partial charge in [0.1, 0.15) is 5.75 Å². The summed E-state index contributed by atoms with van der Waals surface area (Å²) in [7, 11) is 5.56. The number of esters is 1. The van der Waals surface area contributed by atoms with Gasteiger partial charge in [0.2, 0.25) is 0 Å². The molecule has 0 N–H and O–H groups in total. The summed E-state index contributed by atoms with van der Waals surface area (Å²) in [5, 5.41) is 0. The molecule has 1 aliphatic rings. The van der Waals surface area contributed by atoms with Gasteiger partial charge in [-0.3, -0.25) is 9.36 Å². The highest BCUT2D eigenvalue weighted by Gasteiger charge is 2.33. The van der Waals surface area contributed by atoms with Gasteiger partial charge in [-0.15, -0.1) is 0 Å². The minimum Gasteiger partial charge on any atom is -0.497 e. The highest BCUT2D eigenvalue weighted by atomic mass is 32.1. The lowest BCUT2D eigenvalue weighted by atomic mass is 9.96. The lowest BCUT2D eigenvalue weighted by Crippen LogP contribution is -2.39. The molecule has 2 heterocycles. The smallest absolute Gasteiger partial charge is 0.338 e. The number of nitrogens with zero attached hydrogens (tertiary/aromatic N) is 3. The number of anilines is 1. The van der Waals surface area contributed by atoms with Gasteiger partial charge in [0.25, 0.3) is 5.56 Å². The Labute approximate surface area is 201 Å². The lowest BCUT2D eigenvalue weighted by Gasteiger charge is -2.24. The van der Waals surface area contributed by atoms with Crippen LogP contribution < -0.4 is 24.5 Å². The molecule has 7 nitrogen and oxygen atoms in total. The Kier molecular flexibility index (Phi) is 6.70. The van der Waals surface area contributed by atoms with E-state index in [9.17, 15) is 9.59 Å². The average Bonchev–Trinajstić information content (AvgIpc) is 3.13. The zero-order valence-electron chi connectivity index (χ0n) is 19.9. The van der Waals surface area contributed by atoms with E-state index in [-0.39, 0.29) is 12.2 Å². The third-order valence-electron chi connectivity index (χ3n) is 5.66. The average molecular weight is 478 g/mol. The molecule has 0 spiro atoms. The van der Waals surface area contributed by atoms with Crippen LogP contribution in [0.2, 0.25) is 0 Å². The van der Waals surface area contributed by atoms with Gasteiger partial charge in [-0.25, -0.2) is 9.79 Å².